The number of benzene rings is 2. The van der Waals surface area contributed by atoms with Crippen LogP contribution in [0.5, 0.6) is 0 Å². The fraction of sp³-hybridized carbons (Fsp3) is 0.360. The highest BCUT2D eigenvalue weighted by Gasteiger charge is 2.27. The summed E-state index contributed by atoms with van der Waals surface area (Å²) in [6.45, 7) is 5.91. The van der Waals surface area contributed by atoms with Crippen LogP contribution in [-0.2, 0) is 0 Å². The fourth-order valence-corrected chi connectivity index (χ4v) is 5.66. The van der Waals surface area contributed by atoms with Gasteiger partial charge in [0.2, 0.25) is 0 Å². The Morgan fingerprint density at radius 1 is 1.19 bits per heavy atom. The van der Waals surface area contributed by atoms with Crippen molar-refractivity contribution in [1.82, 2.24) is 9.29 Å². The van der Waals surface area contributed by atoms with Crippen molar-refractivity contribution >= 4 is 27.0 Å². The molecule has 4 rings (SSSR count). The van der Waals surface area contributed by atoms with Gasteiger partial charge in [0, 0.05) is 48.4 Å². The number of rotatable bonds is 5. The average Bonchev–Trinajstić information content (AvgIpc) is 2.79. The van der Waals surface area contributed by atoms with Crippen LogP contribution in [0, 0.1) is 18.3 Å². The van der Waals surface area contributed by atoms with Gasteiger partial charge in [-0.3, -0.25) is 4.98 Å². The molecule has 2 aromatic carbocycles. The molecular formula is C25H30N4OS. The molecule has 1 aliphatic rings. The van der Waals surface area contributed by atoms with E-state index < -0.39 is 10.5 Å². The van der Waals surface area contributed by atoms with Crippen molar-refractivity contribution in [2.24, 2.45) is 0 Å². The van der Waals surface area contributed by atoms with Crippen LogP contribution in [0.4, 0.5) is 5.69 Å². The van der Waals surface area contributed by atoms with E-state index in [1.807, 2.05) is 43.8 Å². The molecule has 5 nitrogen and oxygen atoms in total. The Hall–Kier alpha value is -2.59. The van der Waals surface area contributed by atoms with Crippen molar-refractivity contribution < 1.29 is 4.55 Å². The van der Waals surface area contributed by atoms with Gasteiger partial charge in [0.1, 0.15) is 0 Å². The van der Waals surface area contributed by atoms with Gasteiger partial charge < -0.3 is 9.87 Å². The molecule has 0 radical (unpaired) electrons. The van der Waals surface area contributed by atoms with Crippen LogP contribution < -0.4 is 5.32 Å². The third-order valence-electron chi connectivity index (χ3n) is 6.21. The Balaban J connectivity index is 1.64. The average molecular weight is 435 g/mol. The number of fused-ring (bicyclic) bond motifs is 1. The van der Waals surface area contributed by atoms with E-state index in [0.29, 0.717) is 11.6 Å². The minimum absolute atomic E-state index is 0.356. The third kappa shape index (κ3) is 4.69. The molecule has 1 saturated heterocycles. The lowest BCUT2D eigenvalue weighted by atomic mass is 9.97. The lowest BCUT2D eigenvalue weighted by Crippen LogP contribution is -2.40. The Morgan fingerprint density at radius 2 is 1.94 bits per heavy atom. The highest BCUT2D eigenvalue weighted by atomic mass is 32.3. The van der Waals surface area contributed by atoms with Gasteiger partial charge in [0.15, 0.2) is 0 Å². The third-order valence-corrected chi connectivity index (χ3v) is 8.78. The SMILES string of the molecule is CCS(C)(O)N1CCC(Nc2cc(-c3cc(C)cc(C#N)c3)cc3ccncc23)CC1. The van der Waals surface area contributed by atoms with Crippen molar-refractivity contribution in [3.8, 4) is 17.2 Å². The second-order valence-corrected chi connectivity index (χ2v) is 11.5. The minimum atomic E-state index is -1.64. The molecule has 0 saturated carbocycles. The maximum atomic E-state index is 10.7. The molecule has 1 atom stereocenters. The van der Waals surface area contributed by atoms with Gasteiger partial charge >= 0.3 is 0 Å². The highest BCUT2D eigenvalue weighted by Crippen LogP contribution is 2.44. The molecule has 2 N–H and O–H groups in total. The van der Waals surface area contributed by atoms with E-state index in [2.05, 4.69) is 45.8 Å². The van der Waals surface area contributed by atoms with Crippen LogP contribution in [0.25, 0.3) is 21.9 Å². The number of pyridine rings is 1. The maximum absolute atomic E-state index is 10.7. The van der Waals surface area contributed by atoms with E-state index in [4.69, 9.17) is 0 Å². The van der Waals surface area contributed by atoms with Gasteiger partial charge in [-0.2, -0.15) is 5.26 Å². The van der Waals surface area contributed by atoms with Crippen LogP contribution in [0.2, 0.25) is 0 Å². The summed E-state index contributed by atoms with van der Waals surface area (Å²) in [6.07, 6.45) is 7.72. The zero-order valence-corrected chi connectivity index (χ0v) is 19.2. The summed E-state index contributed by atoms with van der Waals surface area (Å²) in [5.41, 5.74) is 4.98. The molecule has 1 fully saturated rings. The number of nitriles is 1. The Labute approximate surface area is 186 Å². The minimum Gasteiger partial charge on any atom is -0.382 e. The number of aryl methyl sites for hydroxylation is 1. The van der Waals surface area contributed by atoms with Gasteiger partial charge in [-0.1, -0.05) is 23.5 Å². The number of nitrogens with one attached hydrogen (secondary N) is 1. The molecule has 1 aromatic heterocycles. The number of piperidine rings is 1. The number of hydrogen-bond acceptors (Lipinski definition) is 5. The predicted molar refractivity (Wildman–Crippen MR) is 132 cm³/mol. The fourth-order valence-electron chi connectivity index (χ4n) is 4.29. The van der Waals surface area contributed by atoms with Gasteiger partial charge in [-0.25, -0.2) is 4.31 Å². The van der Waals surface area contributed by atoms with Gasteiger partial charge in [0.05, 0.1) is 11.6 Å². The molecule has 0 amide bonds. The van der Waals surface area contributed by atoms with Crippen molar-refractivity contribution in [1.29, 1.82) is 5.26 Å². The lowest BCUT2D eigenvalue weighted by molar-refractivity contribution is 0.330. The molecule has 1 aliphatic heterocycles. The Morgan fingerprint density at radius 3 is 2.65 bits per heavy atom. The lowest BCUT2D eigenvalue weighted by Gasteiger charge is -2.44. The molecule has 6 heteroatoms. The second kappa shape index (κ2) is 8.88. The van der Waals surface area contributed by atoms with E-state index in [1.165, 1.54) is 0 Å². The Kier molecular flexibility index (Phi) is 6.19. The molecule has 0 spiro atoms. The van der Waals surface area contributed by atoms with Crippen molar-refractivity contribution in [3.05, 3.63) is 59.9 Å². The zero-order chi connectivity index (χ0) is 22.0. The smallest absolute Gasteiger partial charge is 0.0991 e. The molecule has 1 unspecified atom stereocenters. The molecule has 2 heterocycles. The summed E-state index contributed by atoms with van der Waals surface area (Å²) in [4.78, 5) is 4.34. The van der Waals surface area contributed by atoms with E-state index >= 15 is 0 Å². The maximum Gasteiger partial charge on any atom is 0.0991 e. The predicted octanol–water partition coefficient (Wildman–Crippen LogP) is 5.80. The number of hydrogen-bond donors (Lipinski definition) is 2. The van der Waals surface area contributed by atoms with E-state index in [9.17, 15) is 9.81 Å². The van der Waals surface area contributed by atoms with E-state index in [0.717, 1.165) is 64.8 Å². The summed E-state index contributed by atoms with van der Waals surface area (Å²) < 4.78 is 12.9. The van der Waals surface area contributed by atoms with E-state index in [1.54, 1.807) is 0 Å². The van der Waals surface area contributed by atoms with Crippen LogP contribution in [0.3, 0.4) is 0 Å². The van der Waals surface area contributed by atoms with Crippen LogP contribution in [0.1, 0.15) is 30.9 Å². The molecule has 0 aliphatic carbocycles. The van der Waals surface area contributed by atoms with E-state index in [-0.39, 0.29) is 0 Å². The number of aromatic nitrogens is 1. The van der Waals surface area contributed by atoms with Crippen molar-refractivity contribution in [2.75, 3.05) is 30.4 Å². The van der Waals surface area contributed by atoms with Crippen LogP contribution >= 0.6 is 10.5 Å². The molecule has 162 valence electrons. The first-order valence-corrected chi connectivity index (χ1v) is 12.9. The first-order valence-electron chi connectivity index (χ1n) is 10.8. The van der Waals surface area contributed by atoms with Gasteiger partial charge in [-0.15, -0.1) is 0 Å². The summed E-state index contributed by atoms with van der Waals surface area (Å²) >= 11 is 0. The monoisotopic (exact) mass is 434 g/mol. The van der Waals surface area contributed by atoms with Crippen LogP contribution in [-0.4, -0.2) is 45.0 Å². The first-order chi connectivity index (χ1) is 14.9. The van der Waals surface area contributed by atoms with Crippen molar-refractivity contribution in [3.63, 3.8) is 0 Å². The summed E-state index contributed by atoms with van der Waals surface area (Å²) in [7, 11) is -1.64. The topological polar surface area (TPSA) is 72.2 Å². The summed E-state index contributed by atoms with van der Waals surface area (Å²) in [5.74, 6) is 0.810. The molecule has 0 bridgehead atoms. The van der Waals surface area contributed by atoms with Gasteiger partial charge in [0.25, 0.3) is 0 Å². The molecule has 31 heavy (non-hydrogen) atoms. The highest BCUT2D eigenvalue weighted by molar-refractivity contribution is 8.26. The first kappa shape index (κ1) is 21.6. The van der Waals surface area contributed by atoms with Crippen LogP contribution in [0.15, 0.2) is 48.8 Å². The number of anilines is 1. The molecular weight excluding hydrogens is 404 g/mol. The summed E-state index contributed by atoms with van der Waals surface area (Å²) in [5, 5.41) is 15.4. The second-order valence-electron chi connectivity index (χ2n) is 8.45. The molecule has 3 aromatic rings. The van der Waals surface area contributed by atoms with Gasteiger partial charge in [-0.05, 0) is 78.4 Å². The normalized spacial score (nSPS) is 18.3. The summed E-state index contributed by atoms with van der Waals surface area (Å²) in [6, 6.07) is 15.0. The Bertz CT molecular complexity index is 1130. The standard InChI is InChI=1S/C25H30N4OS/c1-4-31(3,30)29-9-6-23(7-10-29)28-25-15-22(14-20-5-8-27-17-24(20)25)21-12-18(2)11-19(13-21)16-26/h5,8,11-15,17,23,28,30H,4,6-7,9-10H2,1-3H3. The van der Waals surface area contributed by atoms with Crippen molar-refractivity contribution in [2.45, 2.75) is 32.7 Å². The number of nitrogens with zero attached hydrogens (tertiary/aromatic N) is 3. The largest absolute Gasteiger partial charge is 0.382 e. The zero-order valence-electron chi connectivity index (χ0n) is 18.4. The quantitative estimate of drug-likeness (QED) is 0.531.